The molecular formula is C18H16N4O2S. The van der Waals surface area contributed by atoms with E-state index in [1.54, 1.807) is 29.2 Å². The molecule has 2 aromatic rings. The fraction of sp³-hybridized carbons (Fsp3) is 0.333. The van der Waals surface area contributed by atoms with Crippen molar-refractivity contribution in [3.63, 3.8) is 0 Å². The number of hydrogen-bond donors (Lipinski definition) is 1. The van der Waals surface area contributed by atoms with E-state index in [0.29, 0.717) is 35.8 Å². The predicted molar refractivity (Wildman–Crippen MR) is 93.1 cm³/mol. The van der Waals surface area contributed by atoms with Crippen LogP contribution in [0.25, 0.3) is 0 Å². The van der Waals surface area contributed by atoms with Crippen molar-refractivity contribution >= 4 is 28.3 Å². The summed E-state index contributed by atoms with van der Waals surface area (Å²) in [7, 11) is 0. The molecule has 6 nitrogen and oxygen atoms in total. The van der Waals surface area contributed by atoms with Crippen LogP contribution in [-0.4, -0.2) is 28.2 Å². The van der Waals surface area contributed by atoms with Gasteiger partial charge in [0.15, 0.2) is 5.13 Å². The Kier molecular flexibility index (Phi) is 3.98. The van der Waals surface area contributed by atoms with Gasteiger partial charge in [0.2, 0.25) is 5.91 Å². The van der Waals surface area contributed by atoms with Gasteiger partial charge in [0.25, 0.3) is 5.91 Å². The van der Waals surface area contributed by atoms with Crippen molar-refractivity contribution in [2.75, 3.05) is 11.9 Å². The SMILES string of the molecule is N#Cc1cccc(C(=O)N2CCc3nc(NC(=O)C4CC4)sc3C2)c1. The Labute approximate surface area is 149 Å². The fourth-order valence-corrected chi connectivity index (χ4v) is 3.91. The molecule has 126 valence electrons. The van der Waals surface area contributed by atoms with E-state index in [4.69, 9.17) is 5.26 Å². The molecule has 0 bridgehead atoms. The van der Waals surface area contributed by atoms with Gasteiger partial charge in [-0.2, -0.15) is 5.26 Å². The Morgan fingerprint density at radius 1 is 1.36 bits per heavy atom. The zero-order chi connectivity index (χ0) is 17.4. The lowest BCUT2D eigenvalue weighted by atomic mass is 10.1. The van der Waals surface area contributed by atoms with E-state index in [1.165, 1.54) is 11.3 Å². The maximum absolute atomic E-state index is 12.7. The van der Waals surface area contributed by atoms with Crippen molar-refractivity contribution in [1.82, 2.24) is 9.88 Å². The topological polar surface area (TPSA) is 86.1 Å². The fourth-order valence-electron chi connectivity index (χ4n) is 2.88. The van der Waals surface area contributed by atoms with Gasteiger partial charge >= 0.3 is 0 Å². The van der Waals surface area contributed by atoms with Gasteiger partial charge in [-0.1, -0.05) is 17.4 Å². The van der Waals surface area contributed by atoms with Gasteiger partial charge in [-0.3, -0.25) is 9.59 Å². The molecule has 0 saturated heterocycles. The number of carbonyl (C=O) groups is 2. The second-order valence-corrected chi connectivity index (χ2v) is 7.41. The molecule has 0 atom stereocenters. The Hall–Kier alpha value is -2.72. The molecule has 0 radical (unpaired) electrons. The third kappa shape index (κ3) is 3.26. The zero-order valence-corrected chi connectivity index (χ0v) is 14.3. The summed E-state index contributed by atoms with van der Waals surface area (Å²) in [5.41, 5.74) is 1.96. The number of amides is 2. The van der Waals surface area contributed by atoms with Crippen molar-refractivity contribution in [1.29, 1.82) is 5.26 Å². The van der Waals surface area contributed by atoms with Gasteiger partial charge in [0, 0.05) is 29.3 Å². The normalized spacial score (nSPS) is 16.0. The monoisotopic (exact) mass is 352 g/mol. The van der Waals surface area contributed by atoms with Crippen molar-refractivity contribution in [2.45, 2.75) is 25.8 Å². The molecule has 1 aliphatic carbocycles. The standard InChI is InChI=1S/C18H16N4O2S/c19-9-11-2-1-3-13(8-11)17(24)22-7-6-14-15(10-22)25-18(20-14)21-16(23)12-4-5-12/h1-3,8,12H,4-7,10H2,(H,20,21,23). The lowest BCUT2D eigenvalue weighted by molar-refractivity contribution is -0.117. The van der Waals surface area contributed by atoms with Crippen LogP contribution in [0.4, 0.5) is 5.13 Å². The van der Waals surface area contributed by atoms with E-state index in [1.807, 2.05) is 0 Å². The molecule has 0 unspecified atom stereocenters. The largest absolute Gasteiger partial charge is 0.333 e. The van der Waals surface area contributed by atoms with Crippen LogP contribution in [0.2, 0.25) is 0 Å². The van der Waals surface area contributed by atoms with Gasteiger partial charge < -0.3 is 10.2 Å². The Balaban J connectivity index is 1.48. The summed E-state index contributed by atoms with van der Waals surface area (Å²) in [5.74, 6) is 0.110. The highest BCUT2D eigenvalue weighted by Crippen LogP contribution is 2.33. The Morgan fingerprint density at radius 2 is 2.20 bits per heavy atom. The first-order valence-electron chi connectivity index (χ1n) is 8.23. The summed E-state index contributed by atoms with van der Waals surface area (Å²) in [6.45, 7) is 1.07. The molecule has 0 spiro atoms. The quantitative estimate of drug-likeness (QED) is 0.920. The molecule has 1 aliphatic heterocycles. The number of rotatable bonds is 3. The second-order valence-electron chi connectivity index (χ2n) is 6.32. The number of thiazole rings is 1. The molecule has 25 heavy (non-hydrogen) atoms. The maximum atomic E-state index is 12.7. The molecule has 7 heteroatoms. The van der Waals surface area contributed by atoms with Crippen molar-refractivity contribution < 1.29 is 9.59 Å². The summed E-state index contributed by atoms with van der Waals surface area (Å²) >= 11 is 1.44. The average molecular weight is 352 g/mol. The predicted octanol–water partition coefficient (Wildman–Crippen LogP) is 2.56. The molecule has 1 N–H and O–H groups in total. The summed E-state index contributed by atoms with van der Waals surface area (Å²) < 4.78 is 0. The molecule has 2 amide bonds. The minimum atomic E-state index is -0.0836. The molecule has 1 saturated carbocycles. The summed E-state index contributed by atoms with van der Waals surface area (Å²) in [5, 5.41) is 12.5. The van der Waals surface area contributed by atoms with E-state index in [0.717, 1.165) is 23.4 Å². The Morgan fingerprint density at radius 3 is 2.96 bits per heavy atom. The van der Waals surface area contributed by atoms with Crippen LogP contribution in [-0.2, 0) is 17.8 Å². The lowest BCUT2D eigenvalue weighted by Gasteiger charge is -2.26. The van der Waals surface area contributed by atoms with E-state index in [9.17, 15) is 9.59 Å². The molecule has 1 fully saturated rings. The van der Waals surface area contributed by atoms with Crippen LogP contribution in [0.1, 0.15) is 39.3 Å². The number of nitrogens with zero attached hydrogens (tertiary/aromatic N) is 3. The van der Waals surface area contributed by atoms with Gasteiger partial charge in [-0.15, -0.1) is 0 Å². The lowest BCUT2D eigenvalue weighted by Crippen LogP contribution is -2.35. The molecular weight excluding hydrogens is 336 g/mol. The van der Waals surface area contributed by atoms with Gasteiger partial charge in [0.05, 0.1) is 23.9 Å². The van der Waals surface area contributed by atoms with E-state index >= 15 is 0 Å². The number of aromatic nitrogens is 1. The highest BCUT2D eigenvalue weighted by atomic mass is 32.1. The van der Waals surface area contributed by atoms with Gasteiger partial charge in [-0.05, 0) is 31.0 Å². The summed E-state index contributed by atoms with van der Waals surface area (Å²) in [4.78, 5) is 31.8. The third-order valence-corrected chi connectivity index (χ3v) is 5.43. The number of carbonyl (C=O) groups excluding carboxylic acids is 2. The number of fused-ring (bicyclic) bond motifs is 1. The highest BCUT2D eigenvalue weighted by Gasteiger charge is 2.31. The molecule has 1 aromatic carbocycles. The minimum Gasteiger partial charge on any atom is -0.333 e. The van der Waals surface area contributed by atoms with Crippen molar-refractivity contribution in [3.8, 4) is 6.07 Å². The third-order valence-electron chi connectivity index (χ3n) is 4.44. The number of benzene rings is 1. The van der Waals surface area contributed by atoms with Crippen LogP contribution in [0.15, 0.2) is 24.3 Å². The second kappa shape index (κ2) is 6.30. The average Bonchev–Trinajstić information content (AvgIpc) is 3.41. The Bertz CT molecular complexity index is 895. The summed E-state index contributed by atoms with van der Waals surface area (Å²) in [6.07, 6.45) is 2.59. The number of nitriles is 1. The first-order valence-corrected chi connectivity index (χ1v) is 9.04. The first-order chi connectivity index (χ1) is 12.1. The van der Waals surface area contributed by atoms with Crippen molar-refractivity contribution in [2.24, 2.45) is 5.92 Å². The zero-order valence-electron chi connectivity index (χ0n) is 13.5. The van der Waals surface area contributed by atoms with Crippen LogP contribution < -0.4 is 5.32 Å². The molecule has 2 aliphatic rings. The first kappa shape index (κ1) is 15.8. The molecule has 4 rings (SSSR count). The number of anilines is 1. The smallest absolute Gasteiger partial charge is 0.254 e. The molecule has 2 heterocycles. The highest BCUT2D eigenvalue weighted by molar-refractivity contribution is 7.15. The van der Waals surface area contributed by atoms with E-state index < -0.39 is 0 Å². The summed E-state index contributed by atoms with van der Waals surface area (Å²) in [6, 6.07) is 8.81. The van der Waals surface area contributed by atoms with Gasteiger partial charge in [-0.25, -0.2) is 4.98 Å². The van der Waals surface area contributed by atoms with Crippen LogP contribution in [0.5, 0.6) is 0 Å². The van der Waals surface area contributed by atoms with Crippen LogP contribution >= 0.6 is 11.3 Å². The van der Waals surface area contributed by atoms with Crippen LogP contribution in [0.3, 0.4) is 0 Å². The maximum Gasteiger partial charge on any atom is 0.254 e. The van der Waals surface area contributed by atoms with E-state index in [-0.39, 0.29) is 17.7 Å². The van der Waals surface area contributed by atoms with Crippen LogP contribution in [0, 0.1) is 17.2 Å². The van der Waals surface area contributed by atoms with Gasteiger partial charge in [0.1, 0.15) is 0 Å². The number of hydrogen-bond acceptors (Lipinski definition) is 5. The number of nitrogens with one attached hydrogen (secondary N) is 1. The van der Waals surface area contributed by atoms with Crippen molar-refractivity contribution in [3.05, 3.63) is 46.0 Å². The molecule has 1 aromatic heterocycles. The minimum absolute atomic E-state index is 0.0485. The van der Waals surface area contributed by atoms with E-state index in [2.05, 4.69) is 16.4 Å².